The van der Waals surface area contributed by atoms with Crippen LogP contribution in [-0.2, 0) is 0 Å². The molecule has 2 heterocycles. The minimum absolute atomic E-state index is 0.219. The molecule has 0 aliphatic carbocycles. The Balaban J connectivity index is 1.51. The molecule has 0 saturated carbocycles. The molecule has 5 aromatic carbocycles. The highest BCUT2D eigenvalue weighted by atomic mass is 16.4. The lowest BCUT2D eigenvalue weighted by Crippen LogP contribution is -2.30. The SMILES string of the molecule is O=C(c1ccccc1)C(c1nc2ccccc2o1)C(c1ccccc1)C(C(=O)c1ccccc1)c1nc2ccccc2o1. The highest BCUT2D eigenvalue weighted by molar-refractivity contribution is 6.05. The standard InChI is InChI=1S/C37H26N2O4/c40-34(25-16-6-2-7-17-25)32(36-38-27-20-10-12-22-29(27)42-36)31(24-14-4-1-5-15-24)33(35(41)26-18-8-3-9-19-26)37-39-28-21-11-13-23-30(28)43-37/h1-23,31-33H. The number of Topliss-reactive ketones (excluding diaryl/α,β-unsaturated/α-hetero) is 2. The Morgan fingerprint density at radius 2 is 0.837 bits per heavy atom. The van der Waals surface area contributed by atoms with Gasteiger partial charge in [-0.05, 0) is 29.8 Å². The molecule has 0 aliphatic rings. The molecular weight excluding hydrogens is 536 g/mol. The van der Waals surface area contributed by atoms with Crippen LogP contribution >= 0.6 is 0 Å². The average Bonchev–Trinajstić information content (AvgIpc) is 3.70. The quantitative estimate of drug-likeness (QED) is 0.164. The first kappa shape index (κ1) is 26.3. The molecule has 2 aromatic heterocycles. The zero-order chi connectivity index (χ0) is 29.2. The van der Waals surface area contributed by atoms with Gasteiger partial charge in [-0.15, -0.1) is 0 Å². The van der Waals surface area contributed by atoms with E-state index < -0.39 is 17.8 Å². The fourth-order valence-electron chi connectivity index (χ4n) is 5.72. The van der Waals surface area contributed by atoms with E-state index >= 15 is 0 Å². The van der Waals surface area contributed by atoms with Crippen molar-refractivity contribution in [2.75, 3.05) is 0 Å². The van der Waals surface area contributed by atoms with Crippen molar-refractivity contribution in [1.82, 2.24) is 9.97 Å². The molecule has 43 heavy (non-hydrogen) atoms. The predicted molar refractivity (Wildman–Crippen MR) is 164 cm³/mol. The van der Waals surface area contributed by atoms with Gasteiger partial charge in [-0.25, -0.2) is 9.97 Å². The molecule has 6 nitrogen and oxygen atoms in total. The lowest BCUT2D eigenvalue weighted by atomic mass is 9.71. The van der Waals surface area contributed by atoms with Crippen LogP contribution in [-0.4, -0.2) is 21.5 Å². The summed E-state index contributed by atoms with van der Waals surface area (Å²) in [6.07, 6.45) is 0. The molecule has 0 aliphatic heterocycles. The summed E-state index contributed by atoms with van der Waals surface area (Å²) in [5.74, 6) is -2.72. The first-order valence-corrected chi connectivity index (χ1v) is 14.1. The zero-order valence-corrected chi connectivity index (χ0v) is 23.0. The highest BCUT2D eigenvalue weighted by Crippen LogP contribution is 2.47. The maximum Gasteiger partial charge on any atom is 0.207 e. The summed E-state index contributed by atoms with van der Waals surface area (Å²) in [5, 5.41) is 0. The topological polar surface area (TPSA) is 86.2 Å². The van der Waals surface area contributed by atoms with Gasteiger partial charge in [0.1, 0.15) is 22.9 Å². The molecule has 0 amide bonds. The first-order chi connectivity index (χ1) is 21.2. The fourth-order valence-corrected chi connectivity index (χ4v) is 5.72. The summed E-state index contributed by atoms with van der Waals surface area (Å²) in [4.78, 5) is 38.9. The van der Waals surface area contributed by atoms with E-state index in [2.05, 4.69) is 0 Å². The van der Waals surface area contributed by atoms with Crippen molar-refractivity contribution in [3.05, 3.63) is 168 Å². The summed E-state index contributed by atoms with van der Waals surface area (Å²) in [5.41, 5.74) is 4.10. The Morgan fingerprint density at radius 1 is 0.465 bits per heavy atom. The van der Waals surface area contributed by atoms with Gasteiger partial charge in [-0.1, -0.05) is 115 Å². The third-order valence-electron chi connectivity index (χ3n) is 7.74. The lowest BCUT2D eigenvalue weighted by molar-refractivity contribution is 0.0877. The Hall–Kier alpha value is -5.62. The number of aromatic nitrogens is 2. The van der Waals surface area contributed by atoms with Crippen molar-refractivity contribution in [3.63, 3.8) is 0 Å². The summed E-state index contributed by atoms with van der Waals surface area (Å²) in [7, 11) is 0. The second-order valence-electron chi connectivity index (χ2n) is 10.4. The van der Waals surface area contributed by atoms with Crippen molar-refractivity contribution < 1.29 is 18.4 Å². The van der Waals surface area contributed by atoms with E-state index in [1.54, 1.807) is 24.3 Å². The van der Waals surface area contributed by atoms with Crippen molar-refractivity contribution >= 4 is 33.8 Å². The molecule has 6 heteroatoms. The monoisotopic (exact) mass is 562 g/mol. The van der Waals surface area contributed by atoms with E-state index in [4.69, 9.17) is 18.8 Å². The third-order valence-corrected chi connectivity index (χ3v) is 7.74. The molecular formula is C37H26N2O4. The molecule has 0 bridgehead atoms. The number of fused-ring (bicyclic) bond motifs is 2. The van der Waals surface area contributed by atoms with Crippen molar-refractivity contribution in [1.29, 1.82) is 0 Å². The first-order valence-electron chi connectivity index (χ1n) is 14.1. The van der Waals surface area contributed by atoms with Crippen molar-refractivity contribution in [2.24, 2.45) is 0 Å². The molecule has 0 spiro atoms. The van der Waals surface area contributed by atoms with Gasteiger partial charge in [-0.2, -0.15) is 0 Å². The van der Waals surface area contributed by atoms with E-state index in [1.807, 2.05) is 115 Å². The number of hydrogen-bond donors (Lipinski definition) is 0. The number of carbonyl (C=O) groups is 2. The lowest BCUT2D eigenvalue weighted by Gasteiger charge is -2.30. The van der Waals surface area contributed by atoms with Gasteiger partial charge in [-0.3, -0.25) is 9.59 Å². The predicted octanol–water partition coefficient (Wildman–Crippen LogP) is 8.39. The van der Waals surface area contributed by atoms with Crippen LogP contribution in [0.3, 0.4) is 0 Å². The van der Waals surface area contributed by atoms with Crippen molar-refractivity contribution in [3.8, 4) is 0 Å². The maximum atomic E-state index is 14.6. The van der Waals surface area contributed by atoms with Gasteiger partial charge in [0.15, 0.2) is 22.7 Å². The molecule has 0 N–H and O–H groups in total. The number of oxazole rings is 2. The molecule has 0 fully saturated rings. The van der Waals surface area contributed by atoms with Crippen LogP contribution in [0.15, 0.2) is 148 Å². The summed E-state index contributed by atoms with van der Waals surface area (Å²) in [6, 6.07) is 42.4. The third kappa shape index (κ3) is 5.04. The maximum absolute atomic E-state index is 14.6. The molecule has 208 valence electrons. The van der Waals surface area contributed by atoms with E-state index in [0.717, 1.165) is 5.56 Å². The van der Waals surface area contributed by atoms with Gasteiger partial charge >= 0.3 is 0 Å². The molecule has 7 aromatic rings. The molecule has 0 radical (unpaired) electrons. The van der Waals surface area contributed by atoms with Gasteiger partial charge < -0.3 is 8.83 Å². The van der Waals surface area contributed by atoms with Crippen LogP contribution in [0.1, 0.15) is 55.8 Å². The fraction of sp³-hybridized carbons (Fsp3) is 0.0811. The minimum Gasteiger partial charge on any atom is -0.440 e. The van der Waals surface area contributed by atoms with Gasteiger partial charge in [0, 0.05) is 17.0 Å². The summed E-state index contributed by atoms with van der Waals surface area (Å²) >= 11 is 0. The summed E-state index contributed by atoms with van der Waals surface area (Å²) < 4.78 is 12.6. The van der Waals surface area contributed by atoms with Crippen LogP contribution in [0, 0.1) is 0 Å². The molecule has 0 saturated heterocycles. The van der Waals surface area contributed by atoms with Crippen molar-refractivity contribution in [2.45, 2.75) is 17.8 Å². The van der Waals surface area contributed by atoms with Crippen LogP contribution in [0.2, 0.25) is 0 Å². The Labute approximate surface area is 247 Å². The minimum atomic E-state index is -0.982. The van der Waals surface area contributed by atoms with E-state index in [-0.39, 0.29) is 23.3 Å². The number of hydrogen-bond acceptors (Lipinski definition) is 6. The van der Waals surface area contributed by atoms with E-state index in [1.165, 1.54) is 0 Å². The Kier molecular flexibility index (Phi) is 6.93. The number of para-hydroxylation sites is 4. The van der Waals surface area contributed by atoms with Gasteiger partial charge in [0.25, 0.3) is 0 Å². The Bertz CT molecular complexity index is 1840. The molecule has 7 rings (SSSR count). The number of carbonyl (C=O) groups excluding carboxylic acids is 2. The summed E-state index contributed by atoms with van der Waals surface area (Å²) in [6.45, 7) is 0. The molecule has 2 atom stereocenters. The Morgan fingerprint density at radius 3 is 1.26 bits per heavy atom. The van der Waals surface area contributed by atoms with Gasteiger partial charge in [0.05, 0.1) is 0 Å². The van der Waals surface area contributed by atoms with E-state index in [9.17, 15) is 9.59 Å². The number of rotatable bonds is 9. The highest BCUT2D eigenvalue weighted by Gasteiger charge is 2.46. The van der Waals surface area contributed by atoms with Gasteiger partial charge in [0.2, 0.25) is 11.8 Å². The zero-order valence-electron chi connectivity index (χ0n) is 23.0. The van der Waals surface area contributed by atoms with Crippen LogP contribution in [0.25, 0.3) is 22.2 Å². The van der Waals surface area contributed by atoms with Crippen LogP contribution in [0.4, 0.5) is 0 Å². The average molecular weight is 563 g/mol. The van der Waals surface area contributed by atoms with Crippen LogP contribution in [0.5, 0.6) is 0 Å². The second-order valence-corrected chi connectivity index (χ2v) is 10.4. The normalized spacial score (nSPS) is 13.5. The van der Waals surface area contributed by atoms with E-state index in [0.29, 0.717) is 33.3 Å². The number of benzene rings is 5. The number of nitrogens with zero attached hydrogens (tertiary/aromatic N) is 2. The number of ketones is 2. The smallest absolute Gasteiger partial charge is 0.207 e. The largest absolute Gasteiger partial charge is 0.440 e. The van der Waals surface area contributed by atoms with Crippen LogP contribution < -0.4 is 0 Å². The second kappa shape index (κ2) is 11.3. The molecule has 2 unspecified atom stereocenters.